The molecule has 0 aliphatic heterocycles. The van der Waals surface area contributed by atoms with Crippen molar-refractivity contribution >= 4 is 28.6 Å². The minimum Gasteiger partial charge on any atom is -0.740 e. The molecule has 0 aliphatic carbocycles. The van der Waals surface area contributed by atoms with E-state index >= 15 is 0 Å². The Hall–Kier alpha value is -1.20. The topological polar surface area (TPSA) is 30.7 Å². The summed E-state index contributed by atoms with van der Waals surface area (Å²) in [7, 11) is 0. The van der Waals surface area contributed by atoms with Gasteiger partial charge in [-0.2, -0.15) is 5.10 Å². The Balaban J connectivity index is 2.51. The van der Waals surface area contributed by atoms with Crippen LogP contribution < -0.4 is 0 Å². The van der Waals surface area contributed by atoms with Gasteiger partial charge < -0.3 is 17.2 Å². The molecular weight excluding hydrogens is 286 g/mol. The molecule has 0 unspecified atom stereocenters. The first kappa shape index (κ1) is 11.3. The Labute approximate surface area is 108 Å². The molecule has 2 rings (SSSR count). The van der Waals surface area contributed by atoms with Crippen molar-refractivity contribution in [1.82, 2.24) is 14.8 Å². The molecule has 0 saturated carbocycles. The average molecular weight is 295 g/mol. The van der Waals surface area contributed by atoms with Gasteiger partial charge in [0, 0.05) is 21.7 Å². The Morgan fingerprint density at radius 1 is 1.44 bits per heavy atom. The number of hydrogen-bond donors (Lipinski definition) is 0. The number of halogens is 1. The van der Waals surface area contributed by atoms with E-state index < -0.39 is 0 Å². The van der Waals surface area contributed by atoms with Gasteiger partial charge in [-0.15, -0.1) is 11.7 Å². The largest absolute Gasteiger partial charge is 0.740 e. The Morgan fingerprint density at radius 3 is 2.94 bits per heavy atom. The second-order valence-corrected chi connectivity index (χ2v) is 4.50. The highest BCUT2D eigenvalue weighted by Crippen LogP contribution is 2.22. The highest BCUT2D eigenvalue weighted by atomic mass is 79.9. The van der Waals surface area contributed by atoms with Crippen LogP contribution in [0.2, 0.25) is 0 Å². The molecule has 16 heavy (non-hydrogen) atoms. The number of rotatable bonds is 3. The van der Waals surface area contributed by atoms with E-state index in [4.69, 9.17) is 12.6 Å². The van der Waals surface area contributed by atoms with Crippen LogP contribution in [-0.4, -0.2) is 14.8 Å². The lowest BCUT2D eigenvalue weighted by molar-refractivity contribution is 0.733. The average Bonchev–Trinajstić information content (AvgIpc) is 2.61. The van der Waals surface area contributed by atoms with Crippen LogP contribution in [0, 0.1) is 0 Å². The molecule has 82 valence electrons. The van der Waals surface area contributed by atoms with Crippen molar-refractivity contribution in [3.05, 3.63) is 41.4 Å². The zero-order chi connectivity index (χ0) is 11.5. The molecule has 0 spiro atoms. The zero-order valence-corrected chi connectivity index (χ0v) is 10.8. The minimum atomic E-state index is 0.481. The van der Waals surface area contributed by atoms with Crippen LogP contribution >= 0.6 is 15.9 Å². The molecule has 1 aromatic carbocycles. The van der Waals surface area contributed by atoms with E-state index in [-0.39, 0.29) is 0 Å². The summed E-state index contributed by atoms with van der Waals surface area (Å²) < 4.78 is 2.86. The molecule has 3 nitrogen and oxygen atoms in total. The minimum absolute atomic E-state index is 0.481. The lowest BCUT2D eigenvalue weighted by atomic mass is 10.2. The fraction of sp³-hybridized carbons (Fsp3) is 0.0909. The fourth-order valence-electron chi connectivity index (χ4n) is 1.42. The van der Waals surface area contributed by atoms with Gasteiger partial charge in [-0.1, -0.05) is 34.1 Å². The zero-order valence-electron chi connectivity index (χ0n) is 8.43. The van der Waals surface area contributed by atoms with Gasteiger partial charge in [-0.05, 0) is 12.1 Å². The first-order valence-corrected chi connectivity index (χ1v) is 5.89. The number of allylic oxidation sites excluding steroid dienone is 1. The van der Waals surface area contributed by atoms with Crippen molar-refractivity contribution in [3.8, 4) is 11.4 Å². The first-order valence-electron chi connectivity index (χ1n) is 4.69. The van der Waals surface area contributed by atoms with Crippen molar-refractivity contribution in [1.29, 1.82) is 0 Å². The lowest BCUT2D eigenvalue weighted by Gasteiger charge is -2.10. The molecule has 0 saturated heterocycles. The van der Waals surface area contributed by atoms with Crippen LogP contribution in [-0.2, 0) is 19.2 Å². The van der Waals surface area contributed by atoms with E-state index in [9.17, 15) is 0 Å². The summed E-state index contributed by atoms with van der Waals surface area (Å²) in [5, 5.41) is 8.47. The normalized spacial score (nSPS) is 10.3. The van der Waals surface area contributed by atoms with Crippen LogP contribution in [0.1, 0.15) is 0 Å². The van der Waals surface area contributed by atoms with Crippen LogP contribution in [0.15, 0.2) is 46.5 Å². The summed E-state index contributed by atoms with van der Waals surface area (Å²) in [6.45, 7) is 4.32. The summed E-state index contributed by atoms with van der Waals surface area (Å²) in [5.41, 5.74) is 0.986. The quantitative estimate of drug-likeness (QED) is 0.644. The van der Waals surface area contributed by atoms with Crippen LogP contribution in [0.5, 0.6) is 0 Å². The predicted octanol–water partition coefficient (Wildman–Crippen LogP) is 2.80. The van der Waals surface area contributed by atoms with Gasteiger partial charge in [0.1, 0.15) is 0 Å². The fourth-order valence-corrected chi connectivity index (χ4v) is 2.02. The Morgan fingerprint density at radius 2 is 2.25 bits per heavy atom. The molecule has 1 aromatic heterocycles. The number of nitrogens with zero attached hydrogens (tertiary/aromatic N) is 3. The van der Waals surface area contributed by atoms with Crippen LogP contribution in [0.25, 0.3) is 11.4 Å². The summed E-state index contributed by atoms with van der Waals surface area (Å²) in [5.74, 6) is 0.770. The molecular formula is C11H9BrN3S-. The van der Waals surface area contributed by atoms with Gasteiger partial charge >= 0.3 is 0 Å². The molecule has 0 atom stereocenters. The molecule has 0 radical (unpaired) electrons. The third kappa shape index (κ3) is 2.15. The first-order chi connectivity index (χ1) is 7.72. The molecule has 0 bridgehead atoms. The molecule has 1 heterocycles. The van der Waals surface area contributed by atoms with E-state index in [2.05, 4.69) is 32.7 Å². The van der Waals surface area contributed by atoms with Crippen molar-refractivity contribution in [2.75, 3.05) is 0 Å². The second kappa shape index (κ2) is 4.76. The van der Waals surface area contributed by atoms with Gasteiger partial charge in [0.2, 0.25) is 0 Å². The number of hydrogen-bond acceptors (Lipinski definition) is 3. The standard InChI is InChI=1S/C11H10BrN3S/c1-2-6-15-10(13-14-11(15)16)8-4-3-5-9(12)7-8/h2-5,7H,1,6H2,(H,14,16)/p-1. The van der Waals surface area contributed by atoms with Gasteiger partial charge in [0.15, 0.2) is 5.82 Å². The van der Waals surface area contributed by atoms with E-state index in [1.165, 1.54) is 0 Å². The van der Waals surface area contributed by atoms with E-state index in [0.29, 0.717) is 11.7 Å². The Kier molecular flexibility index (Phi) is 3.36. The molecule has 0 aliphatic rings. The van der Waals surface area contributed by atoms with Gasteiger partial charge in [-0.25, -0.2) is 0 Å². The van der Waals surface area contributed by atoms with Crippen LogP contribution in [0.4, 0.5) is 0 Å². The highest BCUT2D eigenvalue weighted by molar-refractivity contribution is 9.10. The predicted molar refractivity (Wildman–Crippen MR) is 69.0 cm³/mol. The second-order valence-electron chi connectivity index (χ2n) is 3.22. The molecule has 0 N–H and O–H groups in total. The van der Waals surface area contributed by atoms with E-state index in [1.54, 1.807) is 6.08 Å². The van der Waals surface area contributed by atoms with Gasteiger partial charge in [0.05, 0.1) is 0 Å². The summed E-state index contributed by atoms with van der Waals surface area (Å²) >= 11 is 8.53. The van der Waals surface area contributed by atoms with E-state index in [0.717, 1.165) is 15.9 Å². The molecule has 0 fully saturated rings. The summed E-state index contributed by atoms with van der Waals surface area (Å²) in [6.07, 6.45) is 1.78. The van der Waals surface area contributed by atoms with Gasteiger partial charge in [0.25, 0.3) is 0 Å². The Bertz CT molecular complexity index is 522. The summed E-state index contributed by atoms with van der Waals surface area (Å²) in [6, 6.07) is 7.88. The highest BCUT2D eigenvalue weighted by Gasteiger charge is 2.06. The molecule has 2 aromatic rings. The van der Waals surface area contributed by atoms with Crippen LogP contribution in [0.3, 0.4) is 0 Å². The third-order valence-electron chi connectivity index (χ3n) is 2.11. The third-order valence-corrected chi connectivity index (χ3v) is 2.91. The molecule has 5 heteroatoms. The van der Waals surface area contributed by atoms with E-state index in [1.807, 2.05) is 28.8 Å². The lowest BCUT2D eigenvalue weighted by Crippen LogP contribution is -2.00. The monoisotopic (exact) mass is 294 g/mol. The number of aromatic nitrogens is 3. The van der Waals surface area contributed by atoms with Crippen molar-refractivity contribution < 1.29 is 0 Å². The molecule has 0 amide bonds. The maximum atomic E-state index is 5.10. The number of benzene rings is 1. The van der Waals surface area contributed by atoms with Crippen molar-refractivity contribution in [2.45, 2.75) is 11.7 Å². The van der Waals surface area contributed by atoms with Crippen molar-refractivity contribution in [2.24, 2.45) is 0 Å². The maximum absolute atomic E-state index is 5.10. The SMILES string of the molecule is C=CCn1c([S-])nnc1-c1cccc(Br)c1. The summed E-state index contributed by atoms with van der Waals surface area (Å²) in [4.78, 5) is 0. The van der Waals surface area contributed by atoms with Crippen molar-refractivity contribution in [3.63, 3.8) is 0 Å². The van der Waals surface area contributed by atoms with Gasteiger partial charge in [-0.3, -0.25) is 0 Å². The smallest absolute Gasteiger partial charge is 0.162 e. The maximum Gasteiger partial charge on any atom is 0.162 e.